The van der Waals surface area contributed by atoms with Crippen LogP contribution in [0.4, 0.5) is 0 Å². The van der Waals surface area contributed by atoms with Crippen molar-refractivity contribution in [1.82, 2.24) is 5.32 Å². The third kappa shape index (κ3) is 2.56. The summed E-state index contributed by atoms with van der Waals surface area (Å²) in [4.78, 5) is 0. The molecule has 0 amide bonds. The van der Waals surface area contributed by atoms with E-state index >= 15 is 0 Å². The van der Waals surface area contributed by atoms with Crippen LogP contribution in [0.1, 0.15) is 31.4 Å². The van der Waals surface area contributed by atoms with Crippen molar-refractivity contribution < 1.29 is 4.74 Å². The van der Waals surface area contributed by atoms with Gasteiger partial charge in [-0.05, 0) is 56.0 Å². The standard InChI is InChI=1S/C14H21NO/c1-3-15-13-7-5-12-10-14(16-4-2)8-6-11(12)9-13/h6,8,10,13,15H,3-5,7,9H2,1-2H3/t13-/m1/s1. The van der Waals surface area contributed by atoms with E-state index in [1.165, 1.54) is 24.0 Å². The summed E-state index contributed by atoms with van der Waals surface area (Å²) in [6.45, 7) is 6.02. The number of aryl methyl sites for hydroxylation is 1. The lowest BCUT2D eigenvalue weighted by Crippen LogP contribution is -2.34. The van der Waals surface area contributed by atoms with Gasteiger partial charge in [0.25, 0.3) is 0 Å². The van der Waals surface area contributed by atoms with E-state index < -0.39 is 0 Å². The SMILES string of the molecule is CCN[C@@H]1CCc2cc(OCC)ccc2C1. The first-order valence-electron chi connectivity index (χ1n) is 6.31. The minimum Gasteiger partial charge on any atom is -0.494 e. The molecule has 0 fully saturated rings. The number of benzene rings is 1. The third-order valence-corrected chi connectivity index (χ3v) is 3.21. The van der Waals surface area contributed by atoms with Gasteiger partial charge < -0.3 is 10.1 Å². The minimum atomic E-state index is 0.662. The fourth-order valence-electron chi connectivity index (χ4n) is 2.45. The Balaban J connectivity index is 2.09. The monoisotopic (exact) mass is 219 g/mol. The van der Waals surface area contributed by atoms with E-state index in [0.717, 1.165) is 25.3 Å². The quantitative estimate of drug-likeness (QED) is 0.840. The van der Waals surface area contributed by atoms with Crippen molar-refractivity contribution >= 4 is 0 Å². The average molecular weight is 219 g/mol. The summed E-state index contributed by atoms with van der Waals surface area (Å²) in [5, 5.41) is 3.53. The number of rotatable bonds is 4. The molecule has 0 aliphatic heterocycles. The molecular weight excluding hydrogens is 198 g/mol. The molecule has 0 radical (unpaired) electrons. The van der Waals surface area contributed by atoms with E-state index in [9.17, 15) is 0 Å². The van der Waals surface area contributed by atoms with Crippen LogP contribution >= 0.6 is 0 Å². The Morgan fingerprint density at radius 1 is 1.31 bits per heavy atom. The van der Waals surface area contributed by atoms with Crippen LogP contribution in [0.25, 0.3) is 0 Å². The van der Waals surface area contributed by atoms with Gasteiger partial charge in [0.2, 0.25) is 0 Å². The largest absolute Gasteiger partial charge is 0.494 e. The Labute approximate surface area is 98.0 Å². The molecule has 0 spiro atoms. The number of hydrogen-bond acceptors (Lipinski definition) is 2. The van der Waals surface area contributed by atoms with Crippen LogP contribution in [0.5, 0.6) is 5.75 Å². The zero-order chi connectivity index (χ0) is 11.4. The maximum atomic E-state index is 5.53. The number of ether oxygens (including phenoxy) is 1. The van der Waals surface area contributed by atoms with Crippen molar-refractivity contribution in [2.75, 3.05) is 13.2 Å². The number of fused-ring (bicyclic) bond motifs is 1. The molecule has 2 rings (SSSR count). The molecule has 2 heteroatoms. The smallest absolute Gasteiger partial charge is 0.119 e. The molecule has 1 atom stereocenters. The highest BCUT2D eigenvalue weighted by atomic mass is 16.5. The molecule has 1 aromatic carbocycles. The minimum absolute atomic E-state index is 0.662. The van der Waals surface area contributed by atoms with E-state index in [4.69, 9.17) is 4.74 Å². The highest BCUT2D eigenvalue weighted by Crippen LogP contribution is 2.25. The van der Waals surface area contributed by atoms with Crippen LogP contribution in [0.15, 0.2) is 18.2 Å². The lowest BCUT2D eigenvalue weighted by Gasteiger charge is -2.25. The van der Waals surface area contributed by atoms with Crippen LogP contribution in [0.3, 0.4) is 0 Å². The summed E-state index contributed by atoms with van der Waals surface area (Å²) in [6.07, 6.45) is 3.58. The summed E-state index contributed by atoms with van der Waals surface area (Å²) in [6, 6.07) is 7.19. The molecule has 0 heterocycles. The summed E-state index contributed by atoms with van der Waals surface area (Å²) in [5.74, 6) is 1.02. The highest BCUT2D eigenvalue weighted by molar-refractivity contribution is 5.37. The van der Waals surface area contributed by atoms with Crippen LogP contribution in [0.2, 0.25) is 0 Å². The van der Waals surface area contributed by atoms with Crippen molar-refractivity contribution in [3.63, 3.8) is 0 Å². The molecule has 1 aromatic rings. The first-order chi connectivity index (χ1) is 7.83. The Hall–Kier alpha value is -1.02. The fourth-order valence-corrected chi connectivity index (χ4v) is 2.45. The summed E-state index contributed by atoms with van der Waals surface area (Å²) >= 11 is 0. The maximum Gasteiger partial charge on any atom is 0.119 e. The average Bonchev–Trinajstić information content (AvgIpc) is 2.30. The van der Waals surface area contributed by atoms with Gasteiger partial charge in [-0.15, -0.1) is 0 Å². The second-order valence-corrected chi connectivity index (χ2v) is 4.36. The van der Waals surface area contributed by atoms with E-state index in [-0.39, 0.29) is 0 Å². The van der Waals surface area contributed by atoms with Crippen molar-refractivity contribution in [2.24, 2.45) is 0 Å². The van der Waals surface area contributed by atoms with Gasteiger partial charge in [0, 0.05) is 6.04 Å². The van der Waals surface area contributed by atoms with Gasteiger partial charge in [0.15, 0.2) is 0 Å². The van der Waals surface area contributed by atoms with Crippen LogP contribution in [-0.2, 0) is 12.8 Å². The second-order valence-electron chi connectivity index (χ2n) is 4.36. The Morgan fingerprint density at radius 3 is 2.94 bits per heavy atom. The molecular formula is C14H21NO. The second kappa shape index (κ2) is 5.35. The normalized spacial score (nSPS) is 19.2. The molecule has 88 valence electrons. The molecule has 0 bridgehead atoms. The summed E-state index contributed by atoms with van der Waals surface area (Å²) in [7, 11) is 0. The predicted octanol–water partition coefficient (Wildman–Crippen LogP) is 2.55. The molecule has 16 heavy (non-hydrogen) atoms. The zero-order valence-corrected chi connectivity index (χ0v) is 10.3. The first-order valence-corrected chi connectivity index (χ1v) is 6.31. The van der Waals surface area contributed by atoms with Gasteiger partial charge in [-0.2, -0.15) is 0 Å². The predicted molar refractivity (Wildman–Crippen MR) is 67.1 cm³/mol. The zero-order valence-electron chi connectivity index (χ0n) is 10.3. The molecule has 1 aliphatic rings. The van der Waals surface area contributed by atoms with Crippen molar-refractivity contribution in [1.29, 1.82) is 0 Å². The lowest BCUT2D eigenvalue weighted by atomic mass is 9.88. The van der Waals surface area contributed by atoms with Crippen LogP contribution in [-0.4, -0.2) is 19.2 Å². The Bertz CT molecular complexity index is 349. The molecule has 0 saturated carbocycles. The molecule has 1 aliphatic carbocycles. The number of nitrogens with one attached hydrogen (secondary N) is 1. The van der Waals surface area contributed by atoms with Gasteiger partial charge >= 0.3 is 0 Å². The molecule has 0 unspecified atom stereocenters. The molecule has 0 saturated heterocycles. The van der Waals surface area contributed by atoms with Crippen LogP contribution in [0, 0.1) is 0 Å². The van der Waals surface area contributed by atoms with Crippen molar-refractivity contribution in [3.05, 3.63) is 29.3 Å². The Morgan fingerprint density at radius 2 is 2.19 bits per heavy atom. The van der Waals surface area contributed by atoms with Crippen molar-refractivity contribution in [3.8, 4) is 5.75 Å². The maximum absolute atomic E-state index is 5.53. The van der Waals surface area contributed by atoms with Gasteiger partial charge in [0.1, 0.15) is 5.75 Å². The van der Waals surface area contributed by atoms with Gasteiger partial charge in [-0.3, -0.25) is 0 Å². The van der Waals surface area contributed by atoms with E-state index in [1.807, 2.05) is 6.92 Å². The first kappa shape index (κ1) is 11.5. The lowest BCUT2D eigenvalue weighted by molar-refractivity contribution is 0.339. The molecule has 1 N–H and O–H groups in total. The van der Waals surface area contributed by atoms with Gasteiger partial charge in [-0.25, -0.2) is 0 Å². The van der Waals surface area contributed by atoms with E-state index in [0.29, 0.717) is 6.04 Å². The van der Waals surface area contributed by atoms with E-state index in [1.54, 1.807) is 0 Å². The van der Waals surface area contributed by atoms with Gasteiger partial charge in [-0.1, -0.05) is 13.0 Å². The van der Waals surface area contributed by atoms with E-state index in [2.05, 4.69) is 30.4 Å². The molecule has 2 nitrogen and oxygen atoms in total. The number of hydrogen-bond donors (Lipinski definition) is 1. The number of likely N-dealkylation sites (N-methyl/N-ethyl adjacent to an activating group) is 1. The molecule has 0 aromatic heterocycles. The van der Waals surface area contributed by atoms with Crippen molar-refractivity contribution in [2.45, 2.75) is 39.2 Å². The topological polar surface area (TPSA) is 21.3 Å². The fraction of sp³-hybridized carbons (Fsp3) is 0.571. The third-order valence-electron chi connectivity index (χ3n) is 3.21. The highest BCUT2D eigenvalue weighted by Gasteiger charge is 2.17. The summed E-state index contributed by atoms with van der Waals surface area (Å²) < 4.78 is 5.53. The van der Waals surface area contributed by atoms with Crippen LogP contribution < -0.4 is 10.1 Å². The van der Waals surface area contributed by atoms with Gasteiger partial charge in [0.05, 0.1) is 6.61 Å². The summed E-state index contributed by atoms with van der Waals surface area (Å²) in [5.41, 5.74) is 2.96. The Kier molecular flexibility index (Phi) is 3.83.